The SMILES string of the molecule is COC(=O)C(C#N)=C(Nc1ccccc1)Nc1ccccc1. The van der Waals surface area contributed by atoms with Gasteiger partial charge in [-0.15, -0.1) is 0 Å². The van der Waals surface area contributed by atoms with Crippen molar-refractivity contribution in [3.05, 3.63) is 72.1 Å². The van der Waals surface area contributed by atoms with Gasteiger partial charge in [-0.05, 0) is 24.3 Å². The highest BCUT2D eigenvalue weighted by molar-refractivity contribution is 5.94. The third-order valence-electron chi connectivity index (χ3n) is 2.84. The second kappa shape index (κ2) is 7.50. The molecule has 5 heteroatoms. The standard InChI is InChI=1S/C17H15N3O2/c1-22-17(21)15(12-18)16(19-13-8-4-2-5-9-13)20-14-10-6-3-7-11-14/h2-11,19-20H,1H3. The first-order valence-electron chi connectivity index (χ1n) is 6.61. The number of esters is 1. The van der Waals surface area contributed by atoms with Crippen molar-refractivity contribution in [1.82, 2.24) is 0 Å². The van der Waals surface area contributed by atoms with E-state index in [4.69, 9.17) is 0 Å². The lowest BCUT2D eigenvalue weighted by atomic mass is 10.2. The fraction of sp³-hybridized carbons (Fsp3) is 0.0588. The number of hydrogen-bond acceptors (Lipinski definition) is 5. The minimum Gasteiger partial charge on any atom is -0.465 e. The largest absolute Gasteiger partial charge is 0.465 e. The third kappa shape index (κ3) is 3.87. The van der Waals surface area contributed by atoms with E-state index in [1.54, 1.807) is 0 Å². The second-order valence-corrected chi connectivity index (χ2v) is 4.34. The van der Waals surface area contributed by atoms with Crippen LogP contribution in [-0.2, 0) is 9.53 Å². The van der Waals surface area contributed by atoms with Crippen LogP contribution in [0.4, 0.5) is 11.4 Å². The number of nitrogens with zero attached hydrogens (tertiary/aromatic N) is 1. The van der Waals surface area contributed by atoms with Crippen molar-refractivity contribution in [1.29, 1.82) is 5.26 Å². The van der Waals surface area contributed by atoms with Crippen molar-refractivity contribution in [2.24, 2.45) is 0 Å². The van der Waals surface area contributed by atoms with Gasteiger partial charge in [0, 0.05) is 11.4 Å². The van der Waals surface area contributed by atoms with Gasteiger partial charge in [-0.2, -0.15) is 5.26 Å². The summed E-state index contributed by atoms with van der Waals surface area (Å²) >= 11 is 0. The molecule has 0 amide bonds. The number of para-hydroxylation sites is 2. The van der Waals surface area contributed by atoms with Crippen molar-refractivity contribution in [2.45, 2.75) is 0 Å². The zero-order chi connectivity index (χ0) is 15.8. The molecular formula is C17H15N3O2. The van der Waals surface area contributed by atoms with Gasteiger partial charge in [0.25, 0.3) is 0 Å². The molecule has 0 unspecified atom stereocenters. The number of ether oxygens (including phenoxy) is 1. The quantitative estimate of drug-likeness (QED) is 0.503. The zero-order valence-corrected chi connectivity index (χ0v) is 12.0. The molecule has 0 radical (unpaired) electrons. The molecule has 0 aliphatic heterocycles. The van der Waals surface area contributed by atoms with Crippen LogP contribution in [0.2, 0.25) is 0 Å². The summed E-state index contributed by atoms with van der Waals surface area (Å²) in [6.45, 7) is 0. The molecule has 0 fully saturated rings. The van der Waals surface area contributed by atoms with Crippen molar-refractivity contribution in [3.8, 4) is 6.07 Å². The number of methoxy groups -OCH3 is 1. The molecule has 5 nitrogen and oxygen atoms in total. The molecule has 0 aromatic heterocycles. The number of rotatable bonds is 5. The lowest BCUT2D eigenvalue weighted by Gasteiger charge is -2.15. The van der Waals surface area contributed by atoms with Crippen molar-refractivity contribution < 1.29 is 9.53 Å². The predicted molar refractivity (Wildman–Crippen MR) is 84.8 cm³/mol. The van der Waals surface area contributed by atoms with E-state index in [0.29, 0.717) is 0 Å². The van der Waals surface area contributed by atoms with Crippen LogP contribution in [0.25, 0.3) is 0 Å². The fourth-order valence-corrected chi connectivity index (χ4v) is 1.79. The first-order valence-corrected chi connectivity index (χ1v) is 6.61. The predicted octanol–water partition coefficient (Wildman–Crippen LogP) is 3.12. The summed E-state index contributed by atoms with van der Waals surface area (Å²) in [6, 6.07) is 20.4. The van der Waals surface area contributed by atoms with Crippen LogP contribution in [-0.4, -0.2) is 13.1 Å². The van der Waals surface area contributed by atoms with Crippen LogP contribution < -0.4 is 10.6 Å². The summed E-state index contributed by atoms with van der Waals surface area (Å²) < 4.78 is 4.66. The topological polar surface area (TPSA) is 74.2 Å². The van der Waals surface area contributed by atoms with Gasteiger partial charge >= 0.3 is 5.97 Å². The molecular weight excluding hydrogens is 278 g/mol. The van der Waals surface area contributed by atoms with Gasteiger partial charge in [0.2, 0.25) is 0 Å². The highest BCUT2D eigenvalue weighted by Gasteiger charge is 2.16. The Labute approximate surface area is 128 Å². The average molecular weight is 293 g/mol. The maximum absolute atomic E-state index is 11.8. The number of anilines is 2. The molecule has 2 N–H and O–H groups in total. The van der Waals surface area contributed by atoms with Gasteiger partial charge in [-0.3, -0.25) is 0 Å². The Hall–Kier alpha value is -3.26. The Balaban J connectivity index is 2.38. The molecule has 0 aliphatic rings. The number of benzene rings is 2. The minimum atomic E-state index is -0.704. The Morgan fingerprint density at radius 1 is 0.955 bits per heavy atom. The molecule has 2 aromatic rings. The number of nitriles is 1. The van der Waals surface area contributed by atoms with Gasteiger partial charge in [0.05, 0.1) is 7.11 Å². The zero-order valence-electron chi connectivity index (χ0n) is 12.0. The second-order valence-electron chi connectivity index (χ2n) is 4.34. The number of carbonyl (C=O) groups excluding carboxylic acids is 1. The molecule has 0 saturated carbocycles. The summed E-state index contributed by atoms with van der Waals surface area (Å²) in [7, 11) is 1.24. The van der Waals surface area contributed by atoms with E-state index in [0.717, 1.165) is 11.4 Å². The molecule has 2 rings (SSSR count). The molecule has 0 atom stereocenters. The van der Waals surface area contributed by atoms with Crippen molar-refractivity contribution in [3.63, 3.8) is 0 Å². The van der Waals surface area contributed by atoms with Crippen molar-refractivity contribution in [2.75, 3.05) is 17.7 Å². The molecule has 2 aromatic carbocycles. The molecule has 0 saturated heterocycles. The smallest absolute Gasteiger partial charge is 0.352 e. The first kappa shape index (κ1) is 15.1. The monoisotopic (exact) mass is 293 g/mol. The Morgan fingerprint density at radius 2 is 1.41 bits per heavy atom. The van der Waals surface area contributed by atoms with E-state index in [1.165, 1.54) is 7.11 Å². The molecule has 22 heavy (non-hydrogen) atoms. The third-order valence-corrected chi connectivity index (χ3v) is 2.84. The van der Waals surface area contributed by atoms with E-state index in [-0.39, 0.29) is 11.4 Å². The number of carbonyl (C=O) groups is 1. The molecule has 0 spiro atoms. The van der Waals surface area contributed by atoms with Crippen LogP contribution in [0.5, 0.6) is 0 Å². The molecule has 0 aliphatic carbocycles. The van der Waals surface area contributed by atoms with Gasteiger partial charge in [-0.25, -0.2) is 4.79 Å². The number of nitrogens with one attached hydrogen (secondary N) is 2. The van der Waals surface area contributed by atoms with Crippen LogP contribution in [0.1, 0.15) is 0 Å². The highest BCUT2D eigenvalue weighted by atomic mass is 16.5. The summed E-state index contributed by atoms with van der Waals surface area (Å²) in [6.07, 6.45) is 0. The summed E-state index contributed by atoms with van der Waals surface area (Å²) in [5, 5.41) is 15.3. The van der Waals surface area contributed by atoms with Crippen LogP contribution in [0.3, 0.4) is 0 Å². The Morgan fingerprint density at radius 3 is 1.77 bits per heavy atom. The van der Waals surface area contributed by atoms with Gasteiger partial charge in [0.1, 0.15) is 11.9 Å². The van der Waals surface area contributed by atoms with Gasteiger partial charge in [-0.1, -0.05) is 36.4 Å². The van der Waals surface area contributed by atoms with Crippen LogP contribution >= 0.6 is 0 Å². The van der Waals surface area contributed by atoms with E-state index in [2.05, 4.69) is 15.4 Å². The summed E-state index contributed by atoms with van der Waals surface area (Å²) in [5.74, 6) is -0.434. The van der Waals surface area contributed by atoms with Crippen LogP contribution in [0, 0.1) is 11.3 Å². The Bertz CT molecular complexity index is 660. The van der Waals surface area contributed by atoms with E-state index in [9.17, 15) is 10.1 Å². The highest BCUT2D eigenvalue weighted by Crippen LogP contribution is 2.16. The summed E-state index contributed by atoms with van der Waals surface area (Å²) in [4.78, 5) is 11.8. The number of hydrogen-bond donors (Lipinski definition) is 2. The van der Waals surface area contributed by atoms with Gasteiger partial charge in [0.15, 0.2) is 5.57 Å². The minimum absolute atomic E-state index is 0.129. The van der Waals surface area contributed by atoms with Crippen molar-refractivity contribution >= 4 is 17.3 Å². The van der Waals surface area contributed by atoms with Crippen LogP contribution in [0.15, 0.2) is 72.1 Å². The normalized spacial score (nSPS) is 9.27. The lowest BCUT2D eigenvalue weighted by molar-refractivity contribution is -0.135. The maximum atomic E-state index is 11.8. The Kier molecular flexibility index (Phi) is 5.16. The summed E-state index contributed by atoms with van der Waals surface area (Å²) in [5.41, 5.74) is 1.37. The first-order chi connectivity index (χ1) is 10.7. The molecule has 0 heterocycles. The van der Waals surface area contributed by atoms with E-state index < -0.39 is 5.97 Å². The lowest BCUT2D eigenvalue weighted by Crippen LogP contribution is -2.17. The molecule has 0 bridgehead atoms. The fourth-order valence-electron chi connectivity index (χ4n) is 1.79. The van der Waals surface area contributed by atoms with Gasteiger partial charge < -0.3 is 15.4 Å². The van der Waals surface area contributed by atoms with E-state index in [1.807, 2.05) is 66.7 Å². The molecule has 110 valence electrons. The maximum Gasteiger partial charge on any atom is 0.352 e. The van der Waals surface area contributed by atoms with E-state index >= 15 is 0 Å². The average Bonchev–Trinajstić information content (AvgIpc) is 2.57.